The molecular weight excluding hydrogens is 386 g/mol. The molecule has 2 heterocycles. The summed E-state index contributed by atoms with van der Waals surface area (Å²) < 4.78 is 0. The molecule has 31 heavy (non-hydrogen) atoms. The van der Waals surface area contributed by atoms with E-state index in [9.17, 15) is 9.90 Å². The van der Waals surface area contributed by atoms with Crippen molar-refractivity contribution in [3.8, 4) is 16.9 Å². The minimum Gasteiger partial charge on any atom is -0.508 e. The van der Waals surface area contributed by atoms with E-state index in [2.05, 4.69) is 29.2 Å². The lowest BCUT2D eigenvalue weighted by Crippen LogP contribution is -2.38. The van der Waals surface area contributed by atoms with Gasteiger partial charge in [-0.1, -0.05) is 37.3 Å². The molecule has 2 aromatic rings. The summed E-state index contributed by atoms with van der Waals surface area (Å²) in [5.41, 5.74) is 12.1. The van der Waals surface area contributed by atoms with Gasteiger partial charge >= 0.3 is 0 Å². The summed E-state index contributed by atoms with van der Waals surface area (Å²) >= 11 is 0. The quantitative estimate of drug-likeness (QED) is 0.514. The van der Waals surface area contributed by atoms with Crippen LogP contribution in [0.4, 0.5) is 0 Å². The van der Waals surface area contributed by atoms with Crippen LogP contribution in [-0.4, -0.2) is 34.0 Å². The SMILES string of the molecule is CCc1ncccc1C(=O)N1CCC(c2cc(CN)ccc2O)CC1.c1cc2cc-2c1. The van der Waals surface area contributed by atoms with Crippen LogP contribution in [0.1, 0.15) is 52.9 Å². The van der Waals surface area contributed by atoms with E-state index in [0.717, 1.165) is 36.1 Å². The second-order valence-electron chi connectivity index (χ2n) is 8.10. The molecule has 0 atom stereocenters. The summed E-state index contributed by atoms with van der Waals surface area (Å²) in [6.45, 7) is 3.85. The maximum atomic E-state index is 12.8. The lowest BCUT2D eigenvalue weighted by Gasteiger charge is -2.33. The largest absolute Gasteiger partial charge is 0.508 e. The maximum Gasteiger partial charge on any atom is 0.255 e. The molecule has 160 valence electrons. The molecule has 1 aliphatic heterocycles. The van der Waals surface area contributed by atoms with E-state index in [1.165, 1.54) is 11.1 Å². The van der Waals surface area contributed by atoms with Gasteiger partial charge in [-0.2, -0.15) is 0 Å². The highest BCUT2D eigenvalue weighted by atomic mass is 16.3. The van der Waals surface area contributed by atoms with Crippen LogP contribution in [-0.2, 0) is 13.0 Å². The number of carbonyl (C=O) groups is 1. The van der Waals surface area contributed by atoms with Gasteiger partial charge in [0.2, 0.25) is 0 Å². The van der Waals surface area contributed by atoms with Crippen LogP contribution in [0.3, 0.4) is 0 Å². The highest BCUT2D eigenvalue weighted by molar-refractivity contribution is 5.95. The van der Waals surface area contributed by atoms with E-state index in [1.807, 2.05) is 36.1 Å². The zero-order valence-electron chi connectivity index (χ0n) is 17.9. The molecule has 0 bridgehead atoms. The molecule has 5 rings (SSSR count). The summed E-state index contributed by atoms with van der Waals surface area (Å²) in [6.07, 6.45) is 4.16. The van der Waals surface area contributed by atoms with Gasteiger partial charge in [0.1, 0.15) is 5.75 Å². The zero-order valence-corrected chi connectivity index (χ0v) is 17.9. The minimum atomic E-state index is 0.0586. The Labute approximate surface area is 183 Å². The average Bonchev–Trinajstić information content (AvgIpc) is 3.43. The number of hydrogen-bond donors (Lipinski definition) is 2. The molecule has 1 aromatic carbocycles. The van der Waals surface area contributed by atoms with E-state index < -0.39 is 0 Å². The molecule has 1 fully saturated rings. The predicted molar refractivity (Wildman–Crippen MR) is 123 cm³/mol. The van der Waals surface area contributed by atoms with Crippen LogP contribution < -0.4 is 5.73 Å². The second kappa shape index (κ2) is 9.31. The number of aromatic hydroxyl groups is 1. The van der Waals surface area contributed by atoms with Crippen molar-refractivity contribution in [3.05, 3.63) is 83.2 Å². The number of rotatable bonds is 4. The number of phenols is 1. The molecule has 2 aliphatic carbocycles. The van der Waals surface area contributed by atoms with Crippen molar-refractivity contribution >= 4 is 5.91 Å². The molecule has 1 amide bonds. The van der Waals surface area contributed by atoms with Crippen molar-refractivity contribution in [2.75, 3.05) is 13.1 Å². The van der Waals surface area contributed by atoms with Crippen LogP contribution in [0.25, 0.3) is 11.1 Å². The van der Waals surface area contributed by atoms with E-state index in [-0.39, 0.29) is 11.8 Å². The number of benzene rings is 2. The van der Waals surface area contributed by atoms with Crippen molar-refractivity contribution in [1.29, 1.82) is 0 Å². The highest BCUT2D eigenvalue weighted by Crippen LogP contribution is 2.35. The van der Waals surface area contributed by atoms with Gasteiger partial charge < -0.3 is 15.7 Å². The first-order chi connectivity index (χ1) is 15.1. The summed E-state index contributed by atoms with van der Waals surface area (Å²) in [4.78, 5) is 19.0. The topological polar surface area (TPSA) is 79.5 Å². The van der Waals surface area contributed by atoms with Gasteiger partial charge in [0.25, 0.3) is 5.91 Å². The van der Waals surface area contributed by atoms with E-state index in [0.29, 0.717) is 30.9 Å². The van der Waals surface area contributed by atoms with Crippen molar-refractivity contribution in [1.82, 2.24) is 9.88 Å². The molecule has 1 aromatic heterocycles. The molecule has 5 nitrogen and oxygen atoms in total. The highest BCUT2D eigenvalue weighted by Gasteiger charge is 2.27. The molecule has 1 saturated heterocycles. The third-order valence-corrected chi connectivity index (χ3v) is 6.12. The summed E-state index contributed by atoms with van der Waals surface area (Å²) in [6, 6.07) is 17.7. The first kappa shape index (κ1) is 21.1. The number of carbonyl (C=O) groups excluding carboxylic acids is 1. The zero-order chi connectivity index (χ0) is 21.8. The number of pyridine rings is 1. The van der Waals surface area contributed by atoms with Crippen molar-refractivity contribution in [3.63, 3.8) is 0 Å². The third kappa shape index (κ3) is 4.78. The van der Waals surface area contributed by atoms with Crippen LogP contribution in [0, 0.1) is 0 Å². The number of likely N-dealkylation sites (tertiary alicyclic amines) is 1. The fraction of sp³-hybridized carbons (Fsp3) is 0.308. The number of piperidine rings is 1. The number of fused-ring (bicyclic) bond motifs is 1. The molecule has 3 N–H and O–H groups in total. The molecule has 0 radical (unpaired) electrons. The molecule has 5 heteroatoms. The van der Waals surface area contributed by atoms with Gasteiger partial charge in [0, 0.05) is 25.8 Å². The Morgan fingerprint density at radius 3 is 2.42 bits per heavy atom. The molecular formula is C26H29N3O2. The summed E-state index contributed by atoms with van der Waals surface area (Å²) in [7, 11) is 0. The molecule has 3 aliphatic rings. The van der Waals surface area contributed by atoms with Crippen molar-refractivity contribution in [2.45, 2.75) is 38.6 Å². The van der Waals surface area contributed by atoms with Gasteiger partial charge in [-0.15, -0.1) is 0 Å². The Hall–Kier alpha value is -3.18. The lowest BCUT2D eigenvalue weighted by atomic mass is 9.87. The Bertz CT molecular complexity index is 1050. The fourth-order valence-corrected chi connectivity index (χ4v) is 4.21. The van der Waals surface area contributed by atoms with E-state index in [4.69, 9.17) is 5.73 Å². The second-order valence-corrected chi connectivity index (χ2v) is 8.10. The standard InChI is InChI=1S/C20H25N3O2.C6H4/c1-2-18-16(4-3-9-22-18)20(25)23-10-7-15(8-11-23)17-12-14(13-21)5-6-19(17)24;1-2-5-4-6(5)3-1/h3-6,9,12,15,24H,2,7-8,10-11,13,21H2,1H3;1-4H. The number of aromatic nitrogens is 1. The first-order valence-corrected chi connectivity index (χ1v) is 11.0. The maximum absolute atomic E-state index is 12.8. The van der Waals surface area contributed by atoms with Crippen LogP contribution in [0.5, 0.6) is 5.75 Å². The van der Waals surface area contributed by atoms with Crippen LogP contribution in [0.2, 0.25) is 0 Å². The number of nitrogens with two attached hydrogens (primary N) is 1. The summed E-state index contributed by atoms with van der Waals surface area (Å²) in [5.74, 6) is 0.640. The number of phenolic OH excluding ortho intramolecular Hbond substituents is 1. The average molecular weight is 416 g/mol. The van der Waals surface area contributed by atoms with Crippen molar-refractivity contribution < 1.29 is 9.90 Å². The Morgan fingerprint density at radius 2 is 1.84 bits per heavy atom. The lowest BCUT2D eigenvalue weighted by molar-refractivity contribution is 0.0711. The Morgan fingerprint density at radius 1 is 1.10 bits per heavy atom. The number of aryl methyl sites for hydroxylation is 1. The van der Waals surface area contributed by atoms with Gasteiger partial charge in [0.15, 0.2) is 0 Å². The van der Waals surface area contributed by atoms with Crippen LogP contribution in [0.15, 0.2) is 60.8 Å². The van der Waals surface area contributed by atoms with E-state index in [1.54, 1.807) is 12.3 Å². The van der Waals surface area contributed by atoms with Gasteiger partial charge in [-0.25, -0.2) is 0 Å². The smallest absolute Gasteiger partial charge is 0.255 e. The first-order valence-electron chi connectivity index (χ1n) is 11.0. The van der Waals surface area contributed by atoms with Crippen molar-refractivity contribution in [2.24, 2.45) is 5.73 Å². The van der Waals surface area contributed by atoms with Gasteiger partial charge in [0.05, 0.1) is 11.3 Å². The van der Waals surface area contributed by atoms with Gasteiger partial charge in [-0.3, -0.25) is 9.78 Å². The number of nitrogens with zero attached hydrogens (tertiary/aromatic N) is 2. The minimum absolute atomic E-state index is 0.0586. The summed E-state index contributed by atoms with van der Waals surface area (Å²) in [5, 5.41) is 10.2. The number of amides is 1. The predicted octanol–water partition coefficient (Wildman–Crippen LogP) is 4.50. The molecule has 0 saturated carbocycles. The van der Waals surface area contributed by atoms with Gasteiger partial charge in [-0.05, 0) is 71.7 Å². The Kier molecular flexibility index (Phi) is 6.33. The number of hydrogen-bond acceptors (Lipinski definition) is 4. The Balaban J connectivity index is 0.000000325. The molecule has 0 unspecified atom stereocenters. The molecule has 0 spiro atoms. The van der Waals surface area contributed by atoms with Crippen LogP contribution >= 0.6 is 0 Å². The third-order valence-electron chi connectivity index (χ3n) is 6.12. The fourth-order valence-electron chi connectivity index (χ4n) is 4.21. The van der Waals surface area contributed by atoms with E-state index >= 15 is 0 Å². The normalized spacial score (nSPS) is 14.6. The monoisotopic (exact) mass is 415 g/mol.